The molecular weight excluding hydrogens is 160 g/mol. The second kappa shape index (κ2) is 5.27. The van der Waals surface area contributed by atoms with Crippen LogP contribution in [0.2, 0.25) is 0 Å². The van der Waals surface area contributed by atoms with E-state index in [0.29, 0.717) is 0 Å². The van der Waals surface area contributed by atoms with Gasteiger partial charge in [-0.1, -0.05) is 12.2 Å². The van der Waals surface area contributed by atoms with Crippen molar-refractivity contribution in [3.05, 3.63) is 55.4 Å². The maximum absolute atomic E-state index is 3.96. The van der Waals surface area contributed by atoms with Crippen molar-refractivity contribution in [1.29, 1.82) is 0 Å². The largest absolute Gasteiger partial charge is 0.303 e. The minimum Gasteiger partial charge on any atom is -0.303 e. The average molecular weight is 174 g/mol. The van der Waals surface area contributed by atoms with Crippen molar-refractivity contribution in [2.24, 2.45) is 0 Å². The van der Waals surface area contributed by atoms with E-state index in [2.05, 4.69) is 23.5 Å². The minimum atomic E-state index is 0.181. The van der Waals surface area contributed by atoms with E-state index in [-0.39, 0.29) is 6.04 Å². The number of hydrogen-bond donors (Lipinski definition) is 1. The Balaban J connectivity index is 2.66. The first-order valence-electron chi connectivity index (χ1n) is 4.25. The summed E-state index contributed by atoms with van der Waals surface area (Å²) in [5, 5.41) is 3.27. The summed E-state index contributed by atoms with van der Waals surface area (Å²) in [6.07, 6.45) is 7.26. The van der Waals surface area contributed by atoms with Gasteiger partial charge in [-0.05, 0) is 17.7 Å². The summed E-state index contributed by atoms with van der Waals surface area (Å²) in [5.74, 6) is 0. The molecule has 1 heterocycles. The molecule has 1 N–H and O–H groups in total. The van der Waals surface area contributed by atoms with Crippen LogP contribution in [0.1, 0.15) is 11.6 Å². The highest BCUT2D eigenvalue weighted by atomic mass is 14.9. The topological polar surface area (TPSA) is 24.9 Å². The van der Waals surface area contributed by atoms with E-state index in [1.165, 1.54) is 5.56 Å². The molecule has 0 radical (unpaired) electrons. The maximum atomic E-state index is 3.96. The van der Waals surface area contributed by atoms with Gasteiger partial charge < -0.3 is 5.32 Å². The van der Waals surface area contributed by atoms with E-state index >= 15 is 0 Å². The van der Waals surface area contributed by atoms with Gasteiger partial charge in [-0.2, -0.15) is 0 Å². The van der Waals surface area contributed by atoms with Crippen molar-refractivity contribution in [3.8, 4) is 0 Å². The van der Waals surface area contributed by atoms with Crippen LogP contribution in [0, 0.1) is 0 Å². The first kappa shape index (κ1) is 9.68. The van der Waals surface area contributed by atoms with Crippen LogP contribution in [0.5, 0.6) is 0 Å². The molecule has 0 fully saturated rings. The highest BCUT2D eigenvalue weighted by molar-refractivity contribution is 5.19. The summed E-state index contributed by atoms with van der Waals surface area (Å²) >= 11 is 0. The zero-order chi connectivity index (χ0) is 9.52. The zero-order valence-corrected chi connectivity index (χ0v) is 7.61. The Morgan fingerprint density at radius 2 is 2.08 bits per heavy atom. The van der Waals surface area contributed by atoms with Crippen molar-refractivity contribution in [1.82, 2.24) is 10.3 Å². The Morgan fingerprint density at radius 1 is 1.38 bits per heavy atom. The number of rotatable bonds is 5. The molecule has 0 aliphatic heterocycles. The van der Waals surface area contributed by atoms with Crippen molar-refractivity contribution >= 4 is 0 Å². The Kier molecular flexibility index (Phi) is 3.93. The van der Waals surface area contributed by atoms with Gasteiger partial charge in [0, 0.05) is 18.9 Å². The van der Waals surface area contributed by atoms with Crippen molar-refractivity contribution in [2.75, 3.05) is 6.54 Å². The molecule has 0 aliphatic rings. The minimum absolute atomic E-state index is 0.181. The van der Waals surface area contributed by atoms with Crippen LogP contribution in [0.3, 0.4) is 0 Å². The molecule has 2 heteroatoms. The predicted molar refractivity (Wildman–Crippen MR) is 55.4 cm³/mol. The van der Waals surface area contributed by atoms with Crippen LogP contribution in [-0.4, -0.2) is 11.5 Å². The Labute approximate surface area is 79.0 Å². The molecule has 0 aromatic carbocycles. The van der Waals surface area contributed by atoms with E-state index in [9.17, 15) is 0 Å². The van der Waals surface area contributed by atoms with E-state index < -0.39 is 0 Å². The molecule has 0 bridgehead atoms. The van der Waals surface area contributed by atoms with E-state index in [1.807, 2.05) is 24.3 Å². The molecule has 0 saturated heterocycles. The van der Waals surface area contributed by atoms with E-state index in [4.69, 9.17) is 0 Å². The van der Waals surface area contributed by atoms with Gasteiger partial charge in [0.25, 0.3) is 0 Å². The molecule has 68 valence electrons. The lowest BCUT2D eigenvalue weighted by Crippen LogP contribution is -2.19. The molecule has 1 aromatic heterocycles. The van der Waals surface area contributed by atoms with Crippen LogP contribution in [0.15, 0.2) is 49.8 Å². The van der Waals surface area contributed by atoms with Crippen LogP contribution in [0.25, 0.3) is 0 Å². The molecule has 0 amide bonds. The predicted octanol–water partition coefficient (Wildman–Crippen LogP) is 2.08. The third kappa shape index (κ3) is 2.84. The van der Waals surface area contributed by atoms with Crippen LogP contribution in [-0.2, 0) is 0 Å². The first-order chi connectivity index (χ1) is 6.38. The molecule has 0 saturated carbocycles. The molecule has 1 rings (SSSR count). The standard InChI is InChI=1S/C11H14N2/c1-3-7-13-11(4-2)10-5-8-12-9-6-10/h3-6,8-9,11,13H,1-2,7H2. The molecule has 1 atom stereocenters. The lowest BCUT2D eigenvalue weighted by Gasteiger charge is -2.12. The third-order valence-corrected chi connectivity index (χ3v) is 1.78. The summed E-state index contributed by atoms with van der Waals surface area (Å²) < 4.78 is 0. The molecule has 13 heavy (non-hydrogen) atoms. The second-order valence-corrected chi connectivity index (χ2v) is 2.69. The van der Waals surface area contributed by atoms with E-state index in [0.717, 1.165) is 6.54 Å². The van der Waals surface area contributed by atoms with Crippen LogP contribution < -0.4 is 5.32 Å². The van der Waals surface area contributed by atoms with Gasteiger partial charge in [0.2, 0.25) is 0 Å². The summed E-state index contributed by atoms with van der Waals surface area (Å²) in [6.45, 7) is 8.20. The second-order valence-electron chi connectivity index (χ2n) is 2.69. The SMILES string of the molecule is C=CCNC(C=C)c1ccncc1. The number of nitrogens with one attached hydrogen (secondary N) is 1. The molecule has 1 aromatic rings. The normalized spacial score (nSPS) is 12.0. The molecular formula is C11H14N2. The maximum Gasteiger partial charge on any atom is 0.0507 e. The Morgan fingerprint density at radius 3 is 2.62 bits per heavy atom. The van der Waals surface area contributed by atoms with Crippen molar-refractivity contribution in [2.45, 2.75) is 6.04 Å². The van der Waals surface area contributed by atoms with Gasteiger partial charge in [0.05, 0.1) is 6.04 Å². The number of nitrogens with zero attached hydrogens (tertiary/aromatic N) is 1. The van der Waals surface area contributed by atoms with Gasteiger partial charge in [0.1, 0.15) is 0 Å². The van der Waals surface area contributed by atoms with Crippen LogP contribution in [0.4, 0.5) is 0 Å². The zero-order valence-electron chi connectivity index (χ0n) is 7.61. The third-order valence-electron chi connectivity index (χ3n) is 1.78. The Bertz CT molecular complexity index is 267. The fourth-order valence-corrected chi connectivity index (χ4v) is 1.12. The van der Waals surface area contributed by atoms with Gasteiger partial charge >= 0.3 is 0 Å². The fourth-order valence-electron chi connectivity index (χ4n) is 1.12. The van der Waals surface area contributed by atoms with Gasteiger partial charge in [-0.25, -0.2) is 0 Å². The lowest BCUT2D eigenvalue weighted by atomic mass is 10.1. The van der Waals surface area contributed by atoms with Gasteiger partial charge in [0.15, 0.2) is 0 Å². The summed E-state index contributed by atoms with van der Waals surface area (Å²) in [4.78, 5) is 3.96. The van der Waals surface area contributed by atoms with Crippen molar-refractivity contribution in [3.63, 3.8) is 0 Å². The van der Waals surface area contributed by atoms with E-state index in [1.54, 1.807) is 12.4 Å². The highest BCUT2D eigenvalue weighted by Gasteiger charge is 2.03. The molecule has 1 unspecified atom stereocenters. The number of aromatic nitrogens is 1. The van der Waals surface area contributed by atoms with Gasteiger partial charge in [-0.15, -0.1) is 13.2 Å². The smallest absolute Gasteiger partial charge is 0.0507 e. The average Bonchev–Trinajstić information content (AvgIpc) is 2.21. The summed E-state index contributed by atoms with van der Waals surface area (Å²) in [6, 6.07) is 4.13. The summed E-state index contributed by atoms with van der Waals surface area (Å²) in [7, 11) is 0. The fraction of sp³-hybridized carbons (Fsp3) is 0.182. The van der Waals surface area contributed by atoms with Gasteiger partial charge in [-0.3, -0.25) is 4.98 Å². The molecule has 2 nitrogen and oxygen atoms in total. The molecule has 0 spiro atoms. The van der Waals surface area contributed by atoms with Crippen LogP contribution >= 0.6 is 0 Å². The lowest BCUT2D eigenvalue weighted by molar-refractivity contribution is 0.673. The quantitative estimate of drug-likeness (QED) is 0.691. The number of hydrogen-bond acceptors (Lipinski definition) is 2. The number of pyridine rings is 1. The highest BCUT2D eigenvalue weighted by Crippen LogP contribution is 2.11. The van der Waals surface area contributed by atoms with Crippen molar-refractivity contribution < 1.29 is 0 Å². The molecule has 0 aliphatic carbocycles. The summed E-state index contributed by atoms with van der Waals surface area (Å²) in [5.41, 5.74) is 1.17. The monoisotopic (exact) mass is 174 g/mol. The Hall–Kier alpha value is -1.41. The first-order valence-corrected chi connectivity index (χ1v) is 4.25.